The maximum atomic E-state index is 10.6. The number of hydrogen-bond acceptors (Lipinski definition) is 3. The lowest BCUT2D eigenvalue weighted by atomic mass is 9.97. The zero-order valence-electron chi connectivity index (χ0n) is 8.02. The molecule has 0 atom stereocenters. The second-order valence-corrected chi connectivity index (χ2v) is 3.26. The molecule has 72 valence electrons. The SMILES string of the molecule is CC(C)c1cccc([N+](=O)[O-])c1C#N. The second-order valence-electron chi connectivity index (χ2n) is 3.26. The first-order chi connectivity index (χ1) is 6.57. The van der Waals surface area contributed by atoms with E-state index in [0.29, 0.717) is 0 Å². The van der Waals surface area contributed by atoms with Crippen molar-refractivity contribution in [2.45, 2.75) is 19.8 Å². The van der Waals surface area contributed by atoms with Crippen molar-refractivity contribution < 1.29 is 4.92 Å². The van der Waals surface area contributed by atoms with Crippen molar-refractivity contribution in [3.8, 4) is 6.07 Å². The lowest BCUT2D eigenvalue weighted by Crippen LogP contribution is -1.98. The number of benzene rings is 1. The Balaban J connectivity index is 3.42. The van der Waals surface area contributed by atoms with Crippen LogP contribution in [0.1, 0.15) is 30.9 Å². The van der Waals surface area contributed by atoms with Crippen LogP contribution in [0.4, 0.5) is 5.69 Å². The van der Waals surface area contributed by atoms with Crippen LogP contribution in [0.25, 0.3) is 0 Å². The van der Waals surface area contributed by atoms with Crippen LogP contribution in [0.3, 0.4) is 0 Å². The third kappa shape index (κ3) is 1.72. The summed E-state index contributed by atoms with van der Waals surface area (Å²) in [5.41, 5.74) is 0.785. The summed E-state index contributed by atoms with van der Waals surface area (Å²) in [6.45, 7) is 3.81. The molecule has 0 heterocycles. The molecule has 0 unspecified atom stereocenters. The van der Waals surface area contributed by atoms with Crippen molar-refractivity contribution in [1.82, 2.24) is 0 Å². The first-order valence-electron chi connectivity index (χ1n) is 4.25. The van der Waals surface area contributed by atoms with Crippen LogP contribution in [0, 0.1) is 21.4 Å². The molecule has 1 rings (SSSR count). The molecule has 0 aliphatic carbocycles. The lowest BCUT2D eigenvalue weighted by molar-refractivity contribution is -0.385. The standard InChI is InChI=1S/C10H10N2O2/c1-7(2)8-4-3-5-10(12(13)14)9(8)6-11/h3-5,7H,1-2H3. The monoisotopic (exact) mass is 190 g/mol. The minimum atomic E-state index is -0.523. The zero-order valence-corrected chi connectivity index (χ0v) is 8.02. The number of nitrogens with zero attached hydrogens (tertiary/aromatic N) is 2. The van der Waals surface area contributed by atoms with Gasteiger partial charge in [-0.05, 0) is 11.5 Å². The molecule has 0 amide bonds. The molecule has 0 N–H and O–H groups in total. The third-order valence-electron chi connectivity index (χ3n) is 2.01. The normalized spacial score (nSPS) is 9.86. The van der Waals surface area contributed by atoms with Gasteiger partial charge >= 0.3 is 0 Å². The van der Waals surface area contributed by atoms with Crippen molar-refractivity contribution >= 4 is 5.69 Å². The van der Waals surface area contributed by atoms with Gasteiger partial charge in [0.05, 0.1) is 4.92 Å². The van der Waals surface area contributed by atoms with Crippen molar-refractivity contribution in [2.24, 2.45) is 0 Å². The summed E-state index contributed by atoms with van der Waals surface area (Å²) in [5, 5.41) is 19.5. The zero-order chi connectivity index (χ0) is 10.7. The summed E-state index contributed by atoms with van der Waals surface area (Å²) >= 11 is 0. The van der Waals surface area contributed by atoms with Gasteiger partial charge in [0.25, 0.3) is 5.69 Å². The minimum Gasteiger partial charge on any atom is -0.258 e. The Morgan fingerprint density at radius 1 is 1.50 bits per heavy atom. The van der Waals surface area contributed by atoms with E-state index in [1.54, 1.807) is 12.1 Å². The van der Waals surface area contributed by atoms with Crippen LogP contribution in [0.2, 0.25) is 0 Å². The highest BCUT2D eigenvalue weighted by Gasteiger charge is 2.18. The highest BCUT2D eigenvalue weighted by Crippen LogP contribution is 2.26. The predicted molar refractivity (Wildman–Crippen MR) is 51.9 cm³/mol. The van der Waals surface area contributed by atoms with Crippen LogP contribution >= 0.6 is 0 Å². The van der Waals surface area contributed by atoms with E-state index in [4.69, 9.17) is 5.26 Å². The largest absolute Gasteiger partial charge is 0.287 e. The topological polar surface area (TPSA) is 66.9 Å². The van der Waals surface area contributed by atoms with Crippen LogP contribution in [-0.4, -0.2) is 4.92 Å². The summed E-state index contributed by atoms with van der Waals surface area (Å²) < 4.78 is 0. The highest BCUT2D eigenvalue weighted by molar-refractivity contribution is 5.54. The fraction of sp³-hybridized carbons (Fsp3) is 0.300. The van der Waals surface area contributed by atoms with Gasteiger partial charge in [-0.15, -0.1) is 0 Å². The number of rotatable bonds is 2. The van der Waals surface area contributed by atoms with E-state index in [2.05, 4.69) is 0 Å². The van der Waals surface area contributed by atoms with Crippen LogP contribution in [0.5, 0.6) is 0 Å². The average molecular weight is 190 g/mol. The molecule has 1 aromatic rings. The molecule has 1 aromatic carbocycles. The molecule has 0 radical (unpaired) electrons. The minimum absolute atomic E-state index is 0.112. The Hall–Kier alpha value is -1.89. The van der Waals surface area contributed by atoms with Gasteiger partial charge in [0.2, 0.25) is 0 Å². The Bertz CT molecular complexity index is 405. The third-order valence-corrected chi connectivity index (χ3v) is 2.01. The summed E-state index contributed by atoms with van der Waals surface area (Å²) in [7, 11) is 0. The summed E-state index contributed by atoms with van der Waals surface area (Å²) in [5.74, 6) is 0.115. The Labute approximate surface area is 81.9 Å². The number of nitro benzene ring substituents is 1. The molecule has 14 heavy (non-hydrogen) atoms. The summed E-state index contributed by atoms with van der Waals surface area (Å²) in [6, 6.07) is 6.59. The molecule has 0 aliphatic heterocycles. The summed E-state index contributed by atoms with van der Waals surface area (Å²) in [6.07, 6.45) is 0. The number of nitro groups is 1. The van der Waals surface area contributed by atoms with E-state index < -0.39 is 4.92 Å². The highest BCUT2D eigenvalue weighted by atomic mass is 16.6. The van der Waals surface area contributed by atoms with Crippen LogP contribution in [-0.2, 0) is 0 Å². The van der Waals surface area contributed by atoms with Gasteiger partial charge in [0, 0.05) is 6.07 Å². The average Bonchev–Trinajstić information content (AvgIpc) is 2.16. The molecular weight excluding hydrogens is 180 g/mol. The molecule has 0 aromatic heterocycles. The molecule has 0 aliphatic rings. The molecular formula is C10H10N2O2. The second kappa shape index (κ2) is 3.88. The summed E-state index contributed by atoms with van der Waals surface area (Å²) in [4.78, 5) is 10.1. The van der Waals surface area contributed by atoms with Crippen LogP contribution < -0.4 is 0 Å². The van der Waals surface area contributed by atoms with Gasteiger partial charge in [-0.1, -0.05) is 26.0 Å². The van der Waals surface area contributed by atoms with E-state index in [9.17, 15) is 10.1 Å². The van der Waals surface area contributed by atoms with E-state index in [1.165, 1.54) is 6.07 Å². The molecule has 4 nitrogen and oxygen atoms in total. The van der Waals surface area contributed by atoms with Gasteiger partial charge in [-0.3, -0.25) is 10.1 Å². The van der Waals surface area contributed by atoms with Gasteiger partial charge in [-0.2, -0.15) is 5.26 Å². The van der Waals surface area contributed by atoms with Crippen molar-refractivity contribution in [2.75, 3.05) is 0 Å². The maximum Gasteiger partial charge on any atom is 0.287 e. The van der Waals surface area contributed by atoms with Crippen molar-refractivity contribution in [1.29, 1.82) is 5.26 Å². The van der Waals surface area contributed by atoms with E-state index in [1.807, 2.05) is 19.9 Å². The number of nitriles is 1. The predicted octanol–water partition coefficient (Wildman–Crippen LogP) is 2.59. The first kappa shape index (κ1) is 10.2. The Morgan fingerprint density at radius 2 is 2.14 bits per heavy atom. The number of hydrogen-bond donors (Lipinski definition) is 0. The molecule has 0 fully saturated rings. The van der Waals surface area contributed by atoms with Crippen molar-refractivity contribution in [3.63, 3.8) is 0 Å². The van der Waals surface area contributed by atoms with Gasteiger partial charge in [0.1, 0.15) is 11.6 Å². The van der Waals surface area contributed by atoms with E-state index in [-0.39, 0.29) is 17.2 Å². The van der Waals surface area contributed by atoms with Gasteiger partial charge in [0.15, 0.2) is 0 Å². The van der Waals surface area contributed by atoms with Crippen molar-refractivity contribution in [3.05, 3.63) is 39.4 Å². The maximum absolute atomic E-state index is 10.6. The molecule has 0 bridgehead atoms. The Morgan fingerprint density at radius 3 is 2.57 bits per heavy atom. The molecule has 0 saturated heterocycles. The van der Waals surface area contributed by atoms with E-state index >= 15 is 0 Å². The quantitative estimate of drug-likeness (QED) is 0.531. The fourth-order valence-electron chi connectivity index (χ4n) is 1.31. The van der Waals surface area contributed by atoms with E-state index in [0.717, 1.165) is 5.56 Å². The molecule has 0 spiro atoms. The smallest absolute Gasteiger partial charge is 0.258 e. The molecule has 0 saturated carbocycles. The van der Waals surface area contributed by atoms with Crippen LogP contribution in [0.15, 0.2) is 18.2 Å². The fourth-order valence-corrected chi connectivity index (χ4v) is 1.31. The molecule has 4 heteroatoms. The van der Waals surface area contributed by atoms with Gasteiger partial charge < -0.3 is 0 Å². The first-order valence-corrected chi connectivity index (χ1v) is 4.25. The lowest BCUT2D eigenvalue weighted by Gasteiger charge is -2.06. The van der Waals surface area contributed by atoms with Gasteiger partial charge in [-0.25, -0.2) is 0 Å². The Kier molecular flexibility index (Phi) is 2.82.